The van der Waals surface area contributed by atoms with E-state index >= 15 is 0 Å². The largest absolute Gasteiger partial charge is 0.497 e. The molecule has 0 saturated carbocycles. The van der Waals surface area contributed by atoms with E-state index in [4.69, 9.17) is 14.2 Å². The lowest BCUT2D eigenvalue weighted by Gasteiger charge is -2.17. The van der Waals surface area contributed by atoms with E-state index < -0.39 is 0 Å². The van der Waals surface area contributed by atoms with Crippen molar-refractivity contribution in [3.63, 3.8) is 0 Å². The molecule has 0 heterocycles. The van der Waals surface area contributed by atoms with Crippen LogP contribution in [0.15, 0.2) is 54.6 Å². The number of benzene rings is 4. The first kappa shape index (κ1) is 18.8. The van der Waals surface area contributed by atoms with Crippen molar-refractivity contribution in [3.8, 4) is 50.6 Å². The van der Waals surface area contributed by atoms with Crippen LogP contribution in [0.25, 0.3) is 33.4 Å². The summed E-state index contributed by atoms with van der Waals surface area (Å²) in [6.45, 7) is 0. The van der Waals surface area contributed by atoms with E-state index in [1.165, 1.54) is 66.8 Å². The molecule has 0 aromatic heterocycles. The average Bonchev–Trinajstić information content (AvgIpc) is 3.52. The fourth-order valence-corrected chi connectivity index (χ4v) is 6.26. The molecular weight excluding hydrogens is 408 g/mol. The maximum Gasteiger partial charge on any atom is 0.119 e. The third-order valence-corrected chi connectivity index (χ3v) is 7.66. The summed E-state index contributed by atoms with van der Waals surface area (Å²) in [7, 11) is 5.23. The Kier molecular flexibility index (Phi) is 3.79. The first-order valence-corrected chi connectivity index (χ1v) is 11.4. The van der Waals surface area contributed by atoms with Gasteiger partial charge in [0.15, 0.2) is 0 Å². The van der Waals surface area contributed by atoms with Crippen LogP contribution in [-0.4, -0.2) is 21.3 Å². The fourth-order valence-electron chi connectivity index (χ4n) is 6.26. The van der Waals surface area contributed by atoms with Gasteiger partial charge in [0.25, 0.3) is 0 Å². The lowest BCUT2D eigenvalue weighted by atomic mass is 9.86. The van der Waals surface area contributed by atoms with Gasteiger partial charge in [-0.15, -0.1) is 0 Å². The van der Waals surface area contributed by atoms with Crippen LogP contribution in [0.3, 0.4) is 0 Å². The number of ether oxygens (including phenoxy) is 3. The zero-order valence-electron chi connectivity index (χ0n) is 19.0. The van der Waals surface area contributed by atoms with Crippen LogP contribution < -0.4 is 14.2 Å². The van der Waals surface area contributed by atoms with Crippen LogP contribution in [0.2, 0.25) is 0 Å². The van der Waals surface area contributed by atoms with Gasteiger partial charge in [0.05, 0.1) is 21.3 Å². The second kappa shape index (κ2) is 6.64. The molecule has 3 aliphatic rings. The van der Waals surface area contributed by atoms with E-state index in [-0.39, 0.29) is 0 Å². The molecule has 0 atom stereocenters. The van der Waals surface area contributed by atoms with Gasteiger partial charge in [0, 0.05) is 0 Å². The number of fused-ring (bicyclic) bond motifs is 12. The van der Waals surface area contributed by atoms with Gasteiger partial charge in [-0.05, 0) is 122 Å². The summed E-state index contributed by atoms with van der Waals surface area (Å²) in [6, 6.07) is 19.7. The zero-order chi connectivity index (χ0) is 22.3. The molecule has 162 valence electrons. The SMILES string of the molecule is COc1ccc2c(c1)Cc1c-2c2c(c3c1-c1ccc(OC)cc1C3)-c1ccc(OC)cc1C2. The first-order chi connectivity index (χ1) is 16.2. The van der Waals surface area contributed by atoms with Gasteiger partial charge in [0.2, 0.25) is 0 Å². The van der Waals surface area contributed by atoms with Crippen molar-refractivity contribution in [2.24, 2.45) is 0 Å². The van der Waals surface area contributed by atoms with Crippen LogP contribution in [0, 0.1) is 0 Å². The highest BCUT2D eigenvalue weighted by atomic mass is 16.5. The highest BCUT2D eigenvalue weighted by Gasteiger charge is 2.37. The molecule has 4 aromatic carbocycles. The number of hydrogen-bond donors (Lipinski definition) is 0. The van der Waals surface area contributed by atoms with Gasteiger partial charge < -0.3 is 14.2 Å². The molecule has 3 nitrogen and oxygen atoms in total. The Morgan fingerprint density at radius 3 is 1.03 bits per heavy atom. The molecule has 0 fully saturated rings. The highest BCUT2D eigenvalue weighted by Crippen LogP contribution is 2.57. The van der Waals surface area contributed by atoms with Crippen LogP contribution in [0.4, 0.5) is 0 Å². The smallest absolute Gasteiger partial charge is 0.119 e. The first-order valence-electron chi connectivity index (χ1n) is 11.4. The summed E-state index contributed by atoms with van der Waals surface area (Å²) in [4.78, 5) is 0. The Morgan fingerprint density at radius 2 is 0.758 bits per heavy atom. The lowest BCUT2D eigenvalue weighted by molar-refractivity contribution is 0.414. The van der Waals surface area contributed by atoms with Crippen molar-refractivity contribution < 1.29 is 14.2 Å². The number of methoxy groups -OCH3 is 3. The van der Waals surface area contributed by atoms with Crippen LogP contribution >= 0.6 is 0 Å². The predicted molar refractivity (Wildman–Crippen MR) is 131 cm³/mol. The summed E-state index contributed by atoms with van der Waals surface area (Å²) in [5.41, 5.74) is 16.8. The Balaban J connectivity index is 1.54. The monoisotopic (exact) mass is 432 g/mol. The number of hydrogen-bond acceptors (Lipinski definition) is 3. The summed E-state index contributed by atoms with van der Waals surface area (Å²) < 4.78 is 16.7. The quantitative estimate of drug-likeness (QED) is 0.322. The van der Waals surface area contributed by atoms with Gasteiger partial charge in [-0.25, -0.2) is 0 Å². The molecule has 0 spiro atoms. The van der Waals surface area contributed by atoms with Crippen molar-refractivity contribution in [1.82, 2.24) is 0 Å². The Morgan fingerprint density at radius 1 is 0.455 bits per heavy atom. The van der Waals surface area contributed by atoms with Crippen molar-refractivity contribution in [3.05, 3.63) is 88.0 Å². The second-order valence-electron chi connectivity index (χ2n) is 9.16. The molecule has 0 saturated heterocycles. The van der Waals surface area contributed by atoms with Crippen molar-refractivity contribution in [1.29, 1.82) is 0 Å². The number of rotatable bonds is 3. The molecule has 3 heteroatoms. The molecule has 0 unspecified atom stereocenters. The topological polar surface area (TPSA) is 27.7 Å². The van der Waals surface area contributed by atoms with Crippen molar-refractivity contribution >= 4 is 0 Å². The average molecular weight is 433 g/mol. The summed E-state index contributed by atoms with van der Waals surface area (Å²) in [5, 5.41) is 0. The van der Waals surface area contributed by atoms with E-state index in [9.17, 15) is 0 Å². The van der Waals surface area contributed by atoms with E-state index in [0.29, 0.717) is 0 Å². The third kappa shape index (κ3) is 2.45. The molecule has 33 heavy (non-hydrogen) atoms. The maximum atomic E-state index is 5.55. The van der Waals surface area contributed by atoms with Crippen LogP contribution in [0.1, 0.15) is 33.4 Å². The van der Waals surface area contributed by atoms with E-state index in [1.54, 1.807) is 21.3 Å². The molecule has 7 rings (SSSR count). The van der Waals surface area contributed by atoms with E-state index in [1.807, 2.05) is 0 Å². The highest BCUT2D eigenvalue weighted by molar-refractivity contribution is 6.00. The minimum absolute atomic E-state index is 0.924. The van der Waals surface area contributed by atoms with Crippen LogP contribution in [-0.2, 0) is 19.3 Å². The minimum atomic E-state index is 0.924. The van der Waals surface area contributed by atoms with E-state index in [0.717, 1.165) is 36.5 Å². The summed E-state index contributed by atoms with van der Waals surface area (Å²) in [6.07, 6.45) is 2.84. The molecule has 3 aliphatic carbocycles. The molecule has 4 aromatic rings. The normalized spacial score (nSPS) is 13.5. The standard InChI is InChI=1S/C30H24O3/c1-31-19-4-7-22-16(10-19)13-25-28(22)26-14-17-11-21(33-3)6-9-24(17)30(26)27-15-18-12-20(32-2)5-8-23(18)29(25)27/h4-12H,13-15H2,1-3H3. The Hall–Kier alpha value is -3.72. The summed E-state index contributed by atoms with van der Waals surface area (Å²) in [5.74, 6) is 2.77. The zero-order valence-corrected chi connectivity index (χ0v) is 19.0. The molecule has 0 bridgehead atoms. The van der Waals surface area contributed by atoms with Gasteiger partial charge in [-0.2, -0.15) is 0 Å². The van der Waals surface area contributed by atoms with Crippen molar-refractivity contribution in [2.45, 2.75) is 19.3 Å². The molecular formula is C30H24O3. The minimum Gasteiger partial charge on any atom is -0.497 e. The van der Waals surface area contributed by atoms with E-state index in [2.05, 4.69) is 54.6 Å². The molecule has 0 radical (unpaired) electrons. The van der Waals surface area contributed by atoms with Gasteiger partial charge >= 0.3 is 0 Å². The maximum absolute atomic E-state index is 5.55. The predicted octanol–water partition coefficient (Wildman–Crippen LogP) is 6.43. The second-order valence-corrected chi connectivity index (χ2v) is 9.16. The third-order valence-electron chi connectivity index (χ3n) is 7.66. The molecule has 0 amide bonds. The molecule has 0 aliphatic heterocycles. The van der Waals surface area contributed by atoms with Crippen molar-refractivity contribution in [2.75, 3.05) is 21.3 Å². The van der Waals surface area contributed by atoms with Gasteiger partial charge in [-0.3, -0.25) is 0 Å². The Labute approximate surface area is 193 Å². The van der Waals surface area contributed by atoms with Gasteiger partial charge in [-0.1, -0.05) is 18.2 Å². The summed E-state index contributed by atoms with van der Waals surface area (Å²) >= 11 is 0. The Bertz CT molecular complexity index is 1290. The van der Waals surface area contributed by atoms with Gasteiger partial charge in [0.1, 0.15) is 17.2 Å². The lowest BCUT2D eigenvalue weighted by Crippen LogP contribution is -1.96. The fraction of sp³-hybridized carbons (Fsp3) is 0.200. The molecule has 0 N–H and O–H groups in total. The van der Waals surface area contributed by atoms with Crippen LogP contribution in [0.5, 0.6) is 17.2 Å².